The highest BCUT2D eigenvalue weighted by atomic mass is 32.2. The van der Waals surface area contributed by atoms with E-state index in [0.717, 1.165) is 23.2 Å². The number of nitrogens with zero attached hydrogens (tertiary/aromatic N) is 1. The molecule has 0 aromatic heterocycles. The van der Waals surface area contributed by atoms with Crippen molar-refractivity contribution in [1.82, 2.24) is 0 Å². The average Bonchev–Trinajstić information content (AvgIpc) is 2.32. The van der Waals surface area contributed by atoms with E-state index in [9.17, 15) is 4.79 Å². The van der Waals surface area contributed by atoms with Crippen molar-refractivity contribution in [3.63, 3.8) is 0 Å². The normalized spacial score (nSPS) is 18.0. The van der Waals surface area contributed by atoms with Crippen molar-refractivity contribution in [3.8, 4) is 0 Å². The summed E-state index contributed by atoms with van der Waals surface area (Å²) in [5, 5.41) is 4.12. The number of anilines is 1. The van der Waals surface area contributed by atoms with Crippen LogP contribution in [0.1, 0.15) is 24.2 Å². The van der Waals surface area contributed by atoms with Gasteiger partial charge in [0.25, 0.3) is 0 Å². The summed E-state index contributed by atoms with van der Waals surface area (Å²) in [4.78, 5) is 15.6. The summed E-state index contributed by atoms with van der Waals surface area (Å²) in [5.41, 5.74) is 6.85. The molecule has 1 heterocycles. The fourth-order valence-electron chi connectivity index (χ4n) is 1.59. The average molecular weight is 263 g/mol. The van der Waals surface area contributed by atoms with Gasteiger partial charge in [0.1, 0.15) is 0 Å². The Hall–Kier alpha value is -1.49. The topological polar surface area (TPSA) is 67.5 Å². The molecule has 0 fully saturated rings. The van der Waals surface area contributed by atoms with E-state index in [1.807, 2.05) is 6.07 Å². The Kier molecular flexibility index (Phi) is 3.61. The monoisotopic (exact) mass is 263 g/mol. The molecule has 0 aliphatic carbocycles. The second-order valence-corrected chi connectivity index (χ2v) is 6.11. The van der Waals surface area contributed by atoms with Crippen molar-refractivity contribution in [2.45, 2.75) is 13.8 Å². The molecule has 1 aliphatic heterocycles. The molecule has 1 aliphatic rings. The van der Waals surface area contributed by atoms with Crippen LogP contribution in [0.5, 0.6) is 0 Å². The summed E-state index contributed by atoms with van der Waals surface area (Å²) < 4.78 is 0. The standard InChI is InChI=1S/C13H17N3OS/c1-13(2)7-15-12(18-8-13)16-10-5-3-4-9(6-10)11(14)17/h3-6H,7-8H2,1-2H3,(H2,14,17)(H,15,16). The van der Waals surface area contributed by atoms with Gasteiger partial charge >= 0.3 is 0 Å². The lowest BCUT2D eigenvalue weighted by Gasteiger charge is -2.27. The molecule has 1 amide bonds. The van der Waals surface area contributed by atoms with Gasteiger partial charge in [-0.25, -0.2) is 0 Å². The van der Waals surface area contributed by atoms with Gasteiger partial charge in [0.15, 0.2) is 5.17 Å². The number of thioether (sulfide) groups is 1. The van der Waals surface area contributed by atoms with Gasteiger partial charge in [-0.15, -0.1) is 0 Å². The van der Waals surface area contributed by atoms with Crippen LogP contribution in [0.25, 0.3) is 0 Å². The van der Waals surface area contributed by atoms with Crippen molar-refractivity contribution in [2.75, 3.05) is 17.6 Å². The molecule has 0 saturated carbocycles. The predicted octanol–water partition coefficient (Wildman–Crippen LogP) is 2.33. The van der Waals surface area contributed by atoms with Gasteiger partial charge in [0, 0.05) is 23.5 Å². The fraction of sp³-hybridized carbons (Fsp3) is 0.385. The second kappa shape index (κ2) is 5.02. The number of amidine groups is 1. The van der Waals surface area contributed by atoms with E-state index in [-0.39, 0.29) is 5.41 Å². The Morgan fingerprint density at radius 3 is 2.89 bits per heavy atom. The summed E-state index contributed by atoms with van der Waals surface area (Å²) in [6.45, 7) is 5.22. The van der Waals surface area contributed by atoms with Gasteiger partial charge in [-0.1, -0.05) is 31.7 Å². The van der Waals surface area contributed by atoms with Crippen molar-refractivity contribution < 1.29 is 4.79 Å². The Morgan fingerprint density at radius 1 is 1.50 bits per heavy atom. The van der Waals surface area contributed by atoms with E-state index < -0.39 is 5.91 Å². The number of carbonyl (C=O) groups is 1. The Bertz CT molecular complexity index is 497. The van der Waals surface area contributed by atoms with E-state index in [0.29, 0.717) is 5.56 Å². The van der Waals surface area contributed by atoms with Crippen LogP contribution in [0.4, 0.5) is 5.69 Å². The van der Waals surface area contributed by atoms with Crippen LogP contribution in [0.15, 0.2) is 29.3 Å². The molecule has 96 valence electrons. The molecular weight excluding hydrogens is 246 g/mol. The smallest absolute Gasteiger partial charge is 0.248 e. The maximum absolute atomic E-state index is 11.1. The molecule has 0 spiro atoms. The highest BCUT2D eigenvalue weighted by Crippen LogP contribution is 2.28. The van der Waals surface area contributed by atoms with Crippen LogP contribution in [0.2, 0.25) is 0 Å². The highest BCUT2D eigenvalue weighted by molar-refractivity contribution is 8.14. The molecule has 5 heteroatoms. The zero-order valence-corrected chi connectivity index (χ0v) is 11.4. The summed E-state index contributed by atoms with van der Waals surface area (Å²) in [6, 6.07) is 7.15. The van der Waals surface area contributed by atoms with Crippen LogP contribution in [0, 0.1) is 5.41 Å². The molecular formula is C13H17N3OS. The first-order valence-electron chi connectivity index (χ1n) is 5.80. The largest absolute Gasteiger partial charge is 0.366 e. The van der Waals surface area contributed by atoms with E-state index in [2.05, 4.69) is 24.2 Å². The van der Waals surface area contributed by atoms with E-state index in [1.165, 1.54) is 0 Å². The molecule has 1 aromatic carbocycles. The molecule has 3 N–H and O–H groups in total. The van der Waals surface area contributed by atoms with Gasteiger partial charge in [0.05, 0.1) is 0 Å². The third-order valence-corrected chi connectivity index (χ3v) is 4.08. The number of hydrogen-bond donors (Lipinski definition) is 2. The molecule has 4 nitrogen and oxygen atoms in total. The molecule has 0 radical (unpaired) electrons. The van der Waals surface area contributed by atoms with Crippen LogP contribution >= 0.6 is 11.8 Å². The number of rotatable bonds is 2. The number of nitrogens with two attached hydrogens (primary N) is 1. The quantitative estimate of drug-likeness (QED) is 0.860. The third-order valence-electron chi connectivity index (χ3n) is 2.65. The van der Waals surface area contributed by atoms with Crippen LogP contribution < -0.4 is 11.1 Å². The molecule has 0 saturated heterocycles. The lowest BCUT2D eigenvalue weighted by atomic mass is 9.97. The Labute approximate surface area is 111 Å². The van der Waals surface area contributed by atoms with Crippen molar-refractivity contribution >= 4 is 28.5 Å². The molecule has 2 rings (SSSR count). The Balaban J connectivity index is 2.08. The zero-order chi connectivity index (χ0) is 13.2. The van der Waals surface area contributed by atoms with E-state index in [4.69, 9.17) is 5.73 Å². The van der Waals surface area contributed by atoms with Crippen LogP contribution in [-0.4, -0.2) is 23.4 Å². The lowest BCUT2D eigenvalue weighted by Crippen LogP contribution is -2.27. The van der Waals surface area contributed by atoms with Crippen molar-refractivity contribution in [3.05, 3.63) is 29.8 Å². The number of nitrogens with one attached hydrogen (secondary N) is 1. The first kappa shape index (κ1) is 13.0. The highest BCUT2D eigenvalue weighted by Gasteiger charge is 2.23. The summed E-state index contributed by atoms with van der Waals surface area (Å²) in [5.74, 6) is 0.618. The van der Waals surface area contributed by atoms with Crippen molar-refractivity contribution in [1.29, 1.82) is 0 Å². The predicted molar refractivity (Wildman–Crippen MR) is 77.1 cm³/mol. The fourth-order valence-corrected chi connectivity index (χ4v) is 2.55. The number of benzene rings is 1. The van der Waals surface area contributed by atoms with Gasteiger partial charge in [-0.2, -0.15) is 0 Å². The number of primary amides is 1. The van der Waals surface area contributed by atoms with Crippen molar-refractivity contribution in [2.24, 2.45) is 16.1 Å². The summed E-state index contributed by atoms with van der Waals surface area (Å²) in [7, 11) is 0. The number of carbonyl (C=O) groups excluding carboxylic acids is 1. The number of hydrogen-bond acceptors (Lipinski definition) is 4. The number of aliphatic imine (C=N–C) groups is 1. The van der Waals surface area contributed by atoms with E-state index in [1.54, 1.807) is 30.0 Å². The first-order chi connectivity index (χ1) is 8.46. The minimum atomic E-state index is -0.419. The van der Waals surface area contributed by atoms with Gasteiger partial charge in [-0.3, -0.25) is 9.79 Å². The van der Waals surface area contributed by atoms with Crippen LogP contribution in [0.3, 0.4) is 0 Å². The lowest BCUT2D eigenvalue weighted by molar-refractivity contribution is 0.100. The van der Waals surface area contributed by atoms with Crippen LogP contribution in [-0.2, 0) is 0 Å². The maximum Gasteiger partial charge on any atom is 0.248 e. The van der Waals surface area contributed by atoms with Gasteiger partial charge in [0.2, 0.25) is 5.91 Å². The second-order valence-electron chi connectivity index (χ2n) is 5.14. The third kappa shape index (κ3) is 3.26. The van der Waals surface area contributed by atoms with Gasteiger partial charge < -0.3 is 11.1 Å². The maximum atomic E-state index is 11.1. The van der Waals surface area contributed by atoms with E-state index >= 15 is 0 Å². The molecule has 0 bridgehead atoms. The van der Waals surface area contributed by atoms with Gasteiger partial charge in [-0.05, 0) is 23.6 Å². The molecule has 1 aromatic rings. The minimum absolute atomic E-state index is 0.255. The first-order valence-corrected chi connectivity index (χ1v) is 6.79. The molecule has 0 atom stereocenters. The molecule has 18 heavy (non-hydrogen) atoms. The number of amides is 1. The minimum Gasteiger partial charge on any atom is -0.366 e. The molecule has 0 unspecified atom stereocenters. The Morgan fingerprint density at radius 2 is 2.28 bits per heavy atom. The zero-order valence-electron chi connectivity index (χ0n) is 10.6. The summed E-state index contributed by atoms with van der Waals surface area (Å²) in [6.07, 6.45) is 0. The summed E-state index contributed by atoms with van der Waals surface area (Å²) >= 11 is 1.70. The SMILES string of the molecule is CC1(C)CN=C(Nc2cccc(C(N)=O)c2)SC1.